The summed E-state index contributed by atoms with van der Waals surface area (Å²) in [7, 11) is 0. The molecule has 1 aromatic carbocycles. The lowest BCUT2D eigenvalue weighted by Gasteiger charge is -2.13. The first-order chi connectivity index (χ1) is 11.6. The Hall–Kier alpha value is -2.54. The molecule has 0 bridgehead atoms. The number of hydrogen-bond acceptors (Lipinski definition) is 4. The number of ether oxygens (including phenoxy) is 1. The normalized spacial score (nSPS) is 16.8. The van der Waals surface area contributed by atoms with Gasteiger partial charge in [-0.2, -0.15) is 0 Å². The van der Waals surface area contributed by atoms with E-state index in [1.807, 2.05) is 0 Å². The van der Waals surface area contributed by atoms with E-state index in [2.05, 4.69) is 15.6 Å². The molecular weight excluding hydrogens is 316 g/mol. The average molecular weight is 333 g/mol. The highest BCUT2D eigenvalue weighted by Crippen LogP contribution is 2.26. The van der Waals surface area contributed by atoms with Gasteiger partial charge in [-0.3, -0.25) is 4.79 Å². The van der Waals surface area contributed by atoms with Crippen LogP contribution in [0.4, 0.5) is 8.78 Å². The van der Waals surface area contributed by atoms with Gasteiger partial charge >= 0.3 is 0 Å². The van der Waals surface area contributed by atoms with Gasteiger partial charge in [-0.05, 0) is 37.6 Å². The SMILES string of the molecule is O=C(NCc1cccnc1Oc1ccc(F)cc1F)C1CCCN1. The first-order valence-electron chi connectivity index (χ1n) is 7.71. The molecule has 1 unspecified atom stereocenters. The zero-order valence-electron chi connectivity index (χ0n) is 12.9. The van der Waals surface area contributed by atoms with Crippen LogP contribution < -0.4 is 15.4 Å². The Kier molecular flexibility index (Phi) is 5.00. The molecule has 0 spiro atoms. The van der Waals surface area contributed by atoms with Gasteiger partial charge in [-0.1, -0.05) is 6.07 Å². The van der Waals surface area contributed by atoms with Crippen LogP contribution in [0.15, 0.2) is 36.5 Å². The Balaban J connectivity index is 1.69. The molecule has 24 heavy (non-hydrogen) atoms. The second-order valence-electron chi connectivity index (χ2n) is 5.51. The Labute approximate surface area is 138 Å². The number of carbonyl (C=O) groups excluding carboxylic acids is 1. The predicted molar refractivity (Wildman–Crippen MR) is 83.5 cm³/mol. The van der Waals surface area contributed by atoms with Crippen LogP contribution in [-0.2, 0) is 11.3 Å². The summed E-state index contributed by atoms with van der Waals surface area (Å²) in [6, 6.07) is 6.29. The lowest BCUT2D eigenvalue weighted by atomic mass is 10.2. The number of rotatable bonds is 5. The molecule has 5 nitrogen and oxygen atoms in total. The molecule has 126 valence electrons. The van der Waals surface area contributed by atoms with Gasteiger partial charge in [0.15, 0.2) is 11.6 Å². The van der Waals surface area contributed by atoms with Gasteiger partial charge < -0.3 is 15.4 Å². The van der Waals surface area contributed by atoms with Crippen molar-refractivity contribution in [3.05, 3.63) is 53.7 Å². The lowest BCUT2D eigenvalue weighted by Crippen LogP contribution is -2.40. The van der Waals surface area contributed by atoms with E-state index in [0.717, 1.165) is 31.5 Å². The van der Waals surface area contributed by atoms with Crippen molar-refractivity contribution in [2.24, 2.45) is 0 Å². The fourth-order valence-electron chi connectivity index (χ4n) is 2.53. The topological polar surface area (TPSA) is 63.2 Å². The van der Waals surface area contributed by atoms with Crippen molar-refractivity contribution >= 4 is 5.91 Å². The van der Waals surface area contributed by atoms with Gasteiger partial charge in [0, 0.05) is 24.4 Å². The standard InChI is InChI=1S/C17H17F2N3O2/c18-12-5-6-15(13(19)9-12)24-17-11(3-1-8-21-17)10-22-16(23)14-4-2-7-20-14/h1,3,5-6,8-9,14,20H,2,4,7,10H2,(H,22,23). The van der Waals surface area contributed by atoms with Gasteiger partial charge in [0.2, 0.25) is 11.8 Å². The van der Waals surface area contributed by atoms with Gasteiger partial charge in [-0.25, -0.2) is 13.8 Å². The third kappa shape index (κ3) is 3.86. The first-order valence-corrected chi connectivity index (χ1v) is 7.71. The van der Waals surface area contributed by atoms with Gasteiger partial charge in [-0.15, -0.1) is 0 Å². The molecule has 1 saturated heterocycles. The number of aromatic nitrogens is 1. The Bertz CT molecular complexity index is 734. The molecule has 2 heterocycles. The predicted octanol–water partition coefficient (Wildman–Crippen LogP) is 2.52. The first kappa shape index (κ1) is 16.3. The van der Waals surface area contributed by atoms with Gasteiger partial charge in [0.1, 0.15) is 5.82 Å². The van der Waals surface area contributed by atoms with Crippen LogP contribution in [0.2, 0.25) is 0 Å². The summed E-state index contributed by atoms with van der Waals surface area (Å²) in [4.78, 5) is 16.1. The summed E-state index contributed by atoms with van der Waals surface area (Å²) < 4.78 is 32.1. The number of nitrogens with zero attached hydrogens (tertiary/aromatic N) is 1. The van der Waals surface area contributed by atoms with Crippen molar-refractivity contribution in [1.29, 1.82) is 0 Å². The van der Waals surface area contributed by atoms with Crippen molar-refractivity contribution in [2.75, 3.05) is 6.54 Å². The molecule has 3 rings (SSSR count). The molecule has 1 aliphatic heterocycles. The number of nitrogens with one attached hydrogen (secondary N) is 2. The molecule has 1 amide bonds. The summed E-state index contributed by atoms with van der Waals surface area (Å²) in [6.45, 7) is 1.05. The van der Waals surface area contributed by atoms with Gasteiger partial charge in [0.25, 0.3) is 0 Å². The molecule has 0 aliphatic carbocycles. The monoisotopic (exact) mass is 333 g/mol. The highest BCUT2D eigenvalue weighted by Gasteiger charge is 2.22. The minimum atomic E-state index is -0.814. The van der Waals surface area contributed by atoms with E-state index < -0.39 is 11.6 Å². The molecule has 1 atom stereocenters. The number of hydrogen-bond donors (Lipinski definition) is 2. The molecule has 1 aliphatic rings. The van der Waals surface area contributed by atoms with E-state index >= 15 is 0 Å². The summed E-state index contributed by atoms with van der Waals surface area (Å²) in [5.41, 5.74) is 0.604. The maximum atomic E-state index is 13.7. The number of halogens is 2. The maximum Gasteiger partial charge on any atom is 0.237 e. The lowest BCUT2D eigenvalue weighted by molar-refractivity contribution is -0.122. The minimum absolute atomic E-state index is 0.0877. The Morgan fingerprint density at radius 3 is 3.00 bits per heavy atom. The average Bonchev–Trinajstić information content (AvgIpc) is 3.11. The van der Waals surface area contributed by atoms with Crippen molar-refractivity contribution in [1.82, 2.24) is 15.6 Å². The molecule has 2 aromatic rings. The van der Waals surface area contributed by atoms with Crippen molar-refractivity contribution < 1.29 is 18.3 Å². The van der Waals surface area contributed by atoms with Gasteiger partial charge in [0.05, 0.1) is 6.04 Å². The minimum Gasteiger partial charge on any atom is -0.436 e. The highest BCUT2D eigenvalue weighted by atomic mass is 19.1. The third-order valence-electron chi connectivity index (χ3n) is 3.78. The second kappa shape index (κ2) is 7.35. The molecule has 0 radical (unpaired) electrons. The van der Waals surface area contributed by atoms with Crippen LogP contribution in [0.1, 0.15) is 18.4 Å². The number of carbonyl (C=O) groups is 1. The second-order valence-corrected chi connectivity index (χ2v) is 5.51. The summed E-state index contributed by atoms with van der Waals surface area (Å²) >= 11 is 0. The fourth-order valence-corrected chi connectivity index (χ4v) is 2.53. The molecule has 7 heteroatoms. The molecule has 0 saturated carbocycles. The largest absolute Gasteiger partial charge is 0.436 e. The van der Waals surface area contributed by atoms with Crippen LogP contribution in [0.25, 0.3) is 0 Å². The van der Waals surface area contributed by atoms with Crippen LogP contribution in [-0.4, -0.2) is 23.5 Å². The van der Waals surface area contributed by atoms with E-state index in [4.69, 9.17) is 4.74 Å². The van der Waals surface area contributed by atoms with Crippen LogP contribution >= 0.6 is 0 Å². The summed E-state index contributed by atoms with van der Waals surface area (Å²) in [6.07, 6.45) is 3.28. The van der Waals surface area contributed by atoms with Crippen molar-refractivity contribution in [3.63, 3.8) is 0 Å². The number of pyridine rings is 1. The van der Waals surface area contributed by atoms with E-state index in [0.29, 0.717) is 5.56 Å². The van der Waals surface area contributed by atoms with Crippen LogP contribution in [0.3, 0.4) is 0 Å². The summed E-state index contributed by atoms with van der Waals surface area (Å²) in [5, 5.41) is 5.93. The fraction of sp³-hybridized carbons (Fsp3) is 0.294. The van der Waals surface area contributed by atoms with E-state index in [1.54, 1.807) is 12.1 Å². The number of amides is 1. The third-order valence-corrected chi connectivity index (χ3v) is 3.78. The van der Waals surface area contributed by atoms with Crippen molar-refractivity contribution in [3.8, 4) is 11.6 Å². The van der Waals surface area contributed by atoms with Crippen molar-refractivity contribution in [2.45, 2.75) is 25.4 Å². The number of benzene rings is 1. The van der Waals surface area contributed by atoms with E-state index in [9.17, 15) is 13.6 Å². The quantitative estimate of drug-likeness (QED) is 0.883. The van der Waals surface area contributed by atoms with E-state index in [1.165, 1.54) is 12.3 Å². The molecule has 1 aromatic heterocycles. The molecule has 1 fully saturated rings. The zero-order valence-corrected chi connectivity index (χ0v) is 12.9. The van der Waals surface area contributed by atoms with E-state index in [-0.39, 0.29) is 30.1 Å². The Morgan fingerprint density at radius 2 is 2.25 bits per heavy atom. The molecular formula is C17H17F2N3O2. The van der Waals surface area contributed by atoms with Crippen LogP contribution in [0, 0.1) is 11.6 Å². The smallest absolute Gasteiger partial charge is 0.237 e. The zero-order chi connectivity index (χ0) is 16.9. The highest BCUT2D eigenvalue weighted by molar-refractivity contribution is 5.82. The summed E-state index contributed by atoms with van der Waals surface area (Å²) in [5.74, 6) is -1.54. The maximum absolute atomic E-state index is 13.7. The van der Waals surface area contributed by atoms with Crippen LogP contribution in [0.5, 0.6) is 11.6 Å². The Morgan fingerprint density at radius 1 is 1.38 bits per heavy atom. The molecule has 2 N–H and O–H groups in total.